The van der Waals surface area contributed by atoms with E-state index in [1.54, 1.807) is 14.2 Å². The highest BCUT2D eigenvalue weighted by molar-refractivity contribution is 6.34. The van der Waals surface area contributed by atoms with Crippen LogP contribution in [-0.2, 0) is 4.79 Å². The number of benzene rings is 2. The van der Waals surface area contributed by atoms with Crippen molar-refractivity contribution in [3.8, 4) is 11.5 Å². The van der Waals surface area contributed by atoms with Crippen LogP contribution in [0.25, 0.3) is 0 Å². The van der Waals surface area contributed by atoms with E-state index in [4.69, 9.17) is 21.1 Å². The van der Waals surface area contributed by atoms with E-state index in [1.807, 2.05) is 18.2 Å². The van der Waals surface area contributed by atoms with Crippen LogP contribution in [0.15, 0.2) is 36.4 Å². The van der Waals surface area contributed by atoms with E-state index in [1.165, 1.54) is 18.2 Å². The summed E-state index contributed by atoms with van der Waals surface area (Å²) in [7, 11) is 3.23. The van der Waals surface area contributed by atoms with E-state index in [2.05, 4.69) is 5.32 Å². The molecule has 1 saturated heterocycles. The number of amides is 1. The third-order valence-electron chi connectivity index (χ3n) is 5.12. The van der Waals surface area contributed by atoms with Crippen molar-refractivity contribution < 1.29 is 24.1 Å². The molecule has 8 nitrogen and oxygen atoms in total. The fourth-order valence-electron chi connectivity index (χ4n) is 3.72. The monoisotopic (exact) mass is 420 g/mol. The van der Waals surface area contributed by atoms with Gasteiger partial charge in [-0.2, -0.15) is 0 Å². The average molecular weight is 421 g/mol. The van der Waals surface area contributed by atoms with Crippen molar-refractivity contribution in [3.63, 3.8) is 0 Å². The largest absolute Gasteiger partial charge is 0.497 e. The summed E-state index contributed by atoms with van der Waals surface area (Å²) in [6.45, 7) is 1.12. The Bertz CT molecular complexity index is 921. The topological polar surface area (TPSA) is 95.1 Å². The van der Waals surface area contributed by atoms with E-state index >= 15 is 0 Å². The molecule has 0 saturated carbocycles. The van der Waals surface area contributed by atoms with Crippen molar-refractivity contribution in [1.82, 2.24) is 0 Å². The highest BCUT2D eigenvalue weighted by Gasteiger charge is 2.33. The molecule has 0 radical (unpaired) electrons. The van der Waals surface area contributed by atoms with Gasteiger partial charge in [-0.1, -0.05) is 11.6 Å². The smallest absolute Gasteiger partial charge is 0.279 e. The van der Waals surface area contributed by atoms with Crippen LogP contribution in [0.4, 0.5) is 11.4 Å². The van der Waals surface area contributed by atoms with E-state index in [0.717, 1.165) is 41.3 Å². The van der Waals surface area contributed by atoms with Gasteiger partial charge in [0.2, 0.25) is 0 Å². The second kappa shape index (κ2) is 9.11. The number of nitrogens with zero attached hydrogens (tertiary/aromatic N) is 1. The molecule has 0 aromatic heterocycles. The van der Waals surface area contributed by atoms with Gasteiger partial charge in [-0.05, 0) is 18.2 Å². The van der Waals surface area contributed by atoms with Crippen molar-refractivity contribution >= 4 is 28.9 Å². The predicted octanol–water partition coefficient (Wildman–Crippen LogP) is 2.62. The number of quaternary nitrogens is 1. The Morgan fingerprint density at radius 1 is 1.28 bits per heavy atom. The number of halogens is 1. The van der Waals surface area contributed by atoms with Gasteiger partial charge in [0.1, 0.15) is 17.5 Å². The molecule has 1 unspecified atom stereocenters. The zero-order valence-electron chi connectivity index (χ0n) is 16.2. The Balaban J connectivity index is 1.71. The van der Waals surface area contributed by atoms with Crippen LogP contribution in [0.3, 0.4) is 0 Å². The lowest BCUT2D eigenvalue weighted by atomic mass is 10.0. The summed E-state index contributed by atoms with van der Waals surface area (Å²) >= 11 is 6.07. The summed E-state index contributed by atoms with van der Waals surface area (Å²) in [5.74, 6) is 1.26. The molecule has 154 valence electrons. The minimum absolute atomic E-state index is 0.121. The molecule has 1 amide bonds. The van der Waals surface area contributed by atoms with Gasteiger partial charge in [0.05, 0.1) is 42.0 Å². The van der Waals surface area contributed by atoms with Crippen LogP contribution in [0, 0.1) is 10.1 Å². The van der Waals surface area contributed by atoms with Gasteiger partial charge in [-0.3, -0.25) is 14.9 Å². The molecule has 1 aliphatic rings. The molecule has 2 aromatic carbocycles. The second-order valence-electron chi connectivity index (χ2n) is 6.86. The summed E-state index contributed by atoms with van der Waals surface area (Å²) in [4.78, 5) is 24.0. The van der Waals surface area contributed by atoms with E-state index < -0.39 is 4.92 Å². The zero-order valence-corrected chi connectivity index (χ0v) is 17.0. The molecule has 9 heteroatoms. The molecule has 2 N–H and O–H groups in total. The van der Waals surface area contributed by atoms with E-state index in [0.29, 0.717) is 5.69 Å². The van der Waals surface area contributed by atoms with Crippen LogP contribution in [0.2, 0.25) is 5.02 Å². The first kappa shape index (κ1) is 20.9. The van der Waals surface area contributed by atoms with Crippen LogP contribution >= 0.6 is 11.6 Å². The van der Waals surface area contributed by atoms with Gasteiger partial charge in [0.25, 0.3) is 11.6 Å². The number of carbonyl (C=O) groups is 1. The lowest BCUT2D eigenvalue weighted by Crippen LogP contribution is -3.11. The van der Waals surface area contributed by atoms with Gasteiger partial charge in [0, 0.05) is 31.0 Å². The molecule has 0 spiro atoms. The van der Waals surface area contributed by atoms with Gasteiger partial charge in [-0.25, -0.2) is 0 Å². The number of methoxy groups -OCH3 is 2. The molecule has 1 aliphatic heterocycles. The van der Waals surface area contributed by atoms with Crippen LogP contribution in [0.5, 0.6) is 11.5 Å². The predicted molar refractivity (Wildman–Crippen MR) is 109 cm³/mol. The summed E-state index contributed by atoms with van der Waals surface area (Å²) < 4.78 is 10.8. The summed E-state index contributed by atoms with van der Waals surface area (Å²) in [5.41, 5.74) is 1.28. The standard InChI is InChI=1S/C20H22ClN3O5/c1-28-14-6-7-15(19(11-14)29-2)18-4-3-9-23(18)12-20(25)22-17-8-5-13(24(26)27)10-16(17)21/h5-8,10-11,18H,3-4,9,12H2,1-2H3,(H,22,25)/p+1/t18-/m0/s1. The average Bonchev–Trinajstić information content (AvgIpc) is 3.16. The minimum Gasteiger partial charge on any atom is -0.497 e. The van der Waals surface area contributed by atoms with Crippen molar-refractivity contribution in [2.24, 2.45) is 0 Å². The van der Waals surface area contributed by atoms with E-state index in [9.17, 15) is 14.9 Å². The number of ether oxygens (including phenoxy) is 2. The third kappa shape index (κ3) is 4.78. The Labute approximate surface area is 173 Å². The normalized spacial score (nSPS) is 18.3. The summed E-state index contributed by atoms with van der Waals surface area (Å²) in [6, 6.07) is 9.85. The first-order chi connectivity index (χ1) is 13.9. The lowest BCUT2D eigenvalue weighted by Gasteiger charge is -2.23. The molecular weight excluding hydrogens is 398 g/mol. The molecule has 2 atom stereocenters. The summed E-state index contributed by atoms with van der Waals surface area (Å²) in [6.07, 6.45) is 1.95. The highest BCUT2D eigenvalue weighted by atomic mass is 35.5. The molecule has 29 heavy (non-hydrogen) atoms. The van der Waals surface area contributed by atoms with Gasteiger partial charge in [0.15, 0.2) is 6.54 Å². The molecule has 1 heterocycles. The Hall–Kier alpha value is -2.84. The lowest BCUT2D eigenvalue weighted by molar-refractivity contribution is -0.910. The Morgan fingerprint density at radius 2 is 2.07 bits per heavy atom. The number of anilines is 1. The number of hydrogen-bond acceptors (Lipinski definition) is 5. The fourth-order valence-corrected chi connectivity index (χ4v) is 3.95. The number of carbonyl (C=O) groups excluding carboxylic acids is 1. The SMILES string of the molecule is COc1ccc([C@@H]2CCC[NH+]2CC(=O)Nc2ccc([N+](=O)[O-])cc2Cl)c(OC)c1. The molecular formula is C20H23ClN3O5+. The highest BCUT2D eigenvalue weighted by Crippen LogP contribution is 2.31. The summed E-state index contributed by atoms with van der Waals surface area (Å²) in [5, 5.41) is 13.7. The maximum Gasteiger partial charge on any atom is 0.279 e. The van der Waals surface area contributed by atoms with Gasteiger partial charge in [-0.15, -0.1) is 0 Å². The minimum atomic E-state index is -0.529. The third-order valence-corrected chi connectivity index (χ3v) is 5.44. The Kier molecular flexibility index (Phi) is 6.56. The number of hydrogen-bond donors (Lipinski definition) is 2. The number of nitrogens with one attached hydrogen (secondary N) is 2. The quantitative estimate of drug-likeness (QED) is 0.530. The zero-order chi connectivity index (χ0) is 21.0. The van der Waals surface area contributed by atoms with Crippen molar-refractivity contribution in [1.29, 1.82) is 0 Å². The van der Waals surface area contributed by atoms with Crippen LogP contribution in [-0.4, -0.2) is 38.1 Å². The van der Waals surface area contributed by atoms with Gasteiger partial charge < -0.3 is 19.7 Å². The Morgan fingerprint density at radius 3 is 2.72 bits per heavy atom. The molecule has 1 fully saturated rings. The van der Waals surface area contributed by atoms with Crippen molar-refractivity contribution in [2.45, 2.75) is 18.9 Å². The first-order valence-electron chi connectivity index (χ1n) is 9.23. The second-order valence-corrected chi connectivity index (χ2v) is 7.26. The van der Waals surface area contributed by atoms with Crippen molar-refractivity contribution in [2.75, 3.05) is 32.6 Å². The van der Waals surface area contributed by atoms with Gasteiger partial charge >= 0.3 is 0 Å². The number of rotatable bonds is 7. The molecule has 2 aromatic rings. The number of likely N-dealkylation sites (tertiary alicyclic amines) is 1. The first-order valence-corrected chi connectivity index (χ1v) is 9.61. The van der Waals surface area contributed by atoms with Crippen LogP contribution in [0.1, 0.15) is 24.4 Å². The molecule has 3 rings (SSSR count). The maximum absolute atomic E-state index is 12.6. The number of nitro groups is 1. The fraction of sp³-hybridized carbons (Fsp3) is 0.350. The van der Waals surface area contributed by atoms with E-state index in [-0.39, 0.29) is 29.2 Å². The van der Waals surface area contributed by atoms with Crippen LogP contribution < -0.4 is 19.7 Å². The van der Waals surface area contributed by atoms with Crippen molar-refractivity contribution in [3.05, 3.63) is 57.1 Å². The molecule has 0 bridgehead atoms. The maximum atomic E-state index is 12.6. The number of non-ortho nitro benzene ring substituents is 1. The molecule has 0 aliphatic carbocycles. The number of nitro benzene ring substituents is 1.